The fourth-order valence-electron chi connectivity index (χ4n) is 2.95. The maximum Gasteiger partial charge on any atom is 0.00143 e. The van der Waals surface area contributed by atoms with E-state index < -0.39 is 0 Å². The smallest absolute Gasteiger partial charge is 0.00143 e. The van der Waals surface area contributed by atoms with E-state index in [4.69, 9.17) is 0 Å². The molecule has 0 aromatic heterocycles. The van der Waals surface area contributed by atoms with Crippen molar-refractivity contribution in [3.05, 3.63) is 83.0 Å². The summed E-state index contributed by atoms with van der Waals surface area (Å²) in [6.07, 6.45) is 9.25. The van der Waals surface area contributed by atoms with Crippen LogP contribution in [-0.2, 0) is 6.42 Å². The van der Waals surface area contributed by atoms with E-state index in [1.54, 1.807) is 0 Å². The number of hydrogen-bond acceptors (Lipinski definition) is 0. The highest BCUT2D eigenvalue weighted by Gasteiger charge is 2.10. The lowest BCUT2D eigenvalue weighted by atomic mass is 9.88. The molecule has 0 N–H and O–H groups in total. The van der Waals surface area contributed by atoms with Crippen LogP contribution < -0.4 is 0 Å². The molecule has 1 aromatic carbocycles. The second-order valence-electron chi connectivity index (χ2n) is 6.51. The van der Waals surface area contributed by atoms with Crippen LogP contribution in [0.3, 0.4) is 0 Å². The van der Waals surface area contributed by atoms with E-state index in [0.717, 1.165) is 19.3 Å². The molecule has 1 aromatic rings. The van der Waals surface area contributed by atoms with Gasteiger partial charge in [0.05, 0.1) is 0 Å². The monoisotopic (exact) mass is 292 g/mol. The van der Waals surface area contributed by atoms with Gasteiger partial charge in [-0.1, -0.05) is 67.6 Å². The van der Waals surface area contributed by atoms with Crippen LogP contribution in [0.15, 0.2) is 71.9 Å². The van der Waals surface area contributed by atoms with Gasteiger partial charge >= 0.3 is 0 Å². The molecule has 1 unspecified atom stereocenters. The highest BCUT2D eigenvalue weighted by molar-refractivity contribution is 5.46. The molecule has 0 bridgehead atoms. The largest absolute Gasteiger partial charge is 0.0995 e. The number of rotatable bonds is 6. The van der Waals surface area contributed by atoms with Gasteiger partial charge in [-0.2, -0.15) is 0 Å². The molecule has 2 rings (SSSR count). The fraction of sp³-hybridized carbons (Fsp3) is 0.364. The lowest BCUT2D eigenvalue weighted by Crippen LogP contribution is -1.99. The van der Waals surface area contributed by atoms with Crippen molar-refractivity contribution in [2.45, 2.75) is 52.4 Å². The third kappa shape index (κ3) is 4.10. The van der Waals surface area contributed by atoms with Crippen molar-refractivity contribution in [2.75, 3.05) is 0 Å². The molecule has 1 aliphatic carbocycles. The third-order valence-corrected chi connectivity index (χ3v) is 4.61. The van der Waals surface area contributed by atoms with E-state index in [9.17, 15) is 0 Å². The summed E-state index contributed by atoms with van der Waals surface area (Å²) in [7, 11) is 0. The minimum atomic E-state index is 0.438. The van der Waals surface area contributed by atoms with Crippen molar-refractivity contribution >= 4 is 0 Å². The van der Waals surface area contributed by atoms with Crippen LogP contribution in [0.1, 0.15) is 57.1 Å². The maximum atomic E-state index is 4.11. The highest BCUT2D eigenvalue weighted by atomic mass is 14.2. The summed E-state index contributed by atoms with van der Waals surface area (Å²) in [5.74, 6) is 0.438. The standard InChI is InChI=1S/C22H28/c1-16(2)18(5)20-13-10-19(11-14-20)12-15-21-8-6-7-9-22(21)17(3)4/h8-11,13-14,18H,1,3,6-7,12,15H2,2,4-5H3. The van der Waals surface area contributed by atoms with Gasteiger partial charge < -0.3 is 0 Å². The Bertz CT molecular complexity index is 608. The van der Waals surface area contributed by atoms with Crippen LogP contribution in [0.25, 0.3) is 0 Å². The zero-order valence-corrected chi connectivity index (χ0v) is 14.3. The Morgan fingerprint density at radius 3 is 2.23 bits per heavy atom. The first-order valence-corrected chi connectivity index (χ1v) is 8.28. The fourth-order valence-corrected chi connectivity index (χ4v) is 2.95. The first-order valence-electron chi connectivity index (χ1n) is 8.28. The third-order valence-electron chi connectivity index (χ3n) is 4.61. The minimum Gasteiger partial charge on any atom is -0.0995 e. The molecule has 0 spiro atoms. The van der Waals surface area contributed by atoms with Gasteiger partial charge in [0, 0.05) is 5.92 Å². The van der Waals surface area contributed by atoms with E-state index in [2.05, 4.69) is 70.3 Å². The van der Waals surface area contributed by atoms with Crippen molar-refractivity contribution in [1.29, 1.82) is 0 Å². The van der Waals surface area contributed by atoms with Gasteiger partial charge in [-0.25, -0.2) is 0 Å². The van der Waals surface area contributed by atoms with Crippen LogP contribution in [0.4, 0.5) is 0 Å². The Labute approximate surface area is 136 Å². The normalized spacial score (nSPS) is 15.8. The molecule has 0 nitrogen and oxygen atoms in total. The molecule has 22 heavy (non-hydrogen) atoms. The lowest BCUT2D eigenvalue weighted by molar-refractivity contribution is 0.883. The average Bonchev–Trinajstić information content (AvgIpc) is 2.52. The molecule has 116 valence electrons. The van der Waals surface area contributed by atoms with Crippen molar-refractivity contribution in [3.63, 3.8) is 0 Å². The summed E-state index contributed by atoms with van der Waals surface area (Å²) in [5.41, 5.74) is 8.02. The molecule has 0 heterocycles. The predicted molar refractivity (Wildman–Crippen MR) is 98.2 cm³/mol. The minimum absolute atomic E-state index is 0.438. The van der Waals surface area contributed by atoms with Gasteiger partial charge in [0.15, 0.2) is 0 Å². The van der Waals surface area contributed by atoms with E-state index in [1.807, 2.05) is 0 Å². The lowest BCUT2D eigenvalue weighted by Gasteiger charge is -2.17. The molecular formula is C22H28. The first kappa shape index (κ1) is 16.5. The molecule has 0 amide bonds. The van der Waals surface area contributed by atoms with Crippen LogP contribution in [0.2, 0.25) is 0 Å². The summed E-state index contributed by atoms with van der Waals surface area (Å²) < 4.78 is 0. The molecule has 0 saturated heterocycles. The molecule has 0 heteroatoms. The first-order chi connectivity index (χ1) is 10.5. The van der Waals surface area contributed by atoms with Crippen LogP contribution in [0.5, 0.6) is 0 Å². The molecular weight excluding hydrogens is 264 g/mol. The van der Waals surface area contributed by atoms with E-state index >= 15 is 0 Å². The quantitative estimate of drug-likeness (QED) is 0.523. The second kappa shape index (κ2) is 7.45. The molecule has 1 aliphatic rings. The summed E-state index contributed by atoms with van der Waals surface area (Å²) in [4.78, 5) is 0. The molecule has 0 aliphatic heterocycles. The van der Waals surface area contributed by atoms with Gasteiger partial charge in [0.2, 0.25) is 0 Å². The Kier molecular flexibility index (Phi) is 5.60. The Hall–Kier alpha value is -1.82. The summed E-state index contributed by atoms with van der Waals surface area (Å²) in [5, 5.41) is 0. The van der Waals surface area contributed by atoms with Gasteiger partial charge in [-0.3, -0.25) is 0 Å². The molecule has 0 saturated carbocycles. The molecule has 0 radical (unpaired) electrons. The van der Waals surface area contributed by atoms with Gasteiger partial charge in [-0.15, -0.1) is 0 Å². The molecule has 0 fully saturated rings. The zero-order valence-electron chi connectivity index (χ0n) is 14.3. The van der Waals surface area contributed by atoms with Crippen molar-refractivity contribution < 1.29 is 0 Å². The van der Waals surface area contributed by atoms with E-state index in [0.29, 0.717) is 5.92 Å². The summed E-state index contributed by atoms with van der Waals surface area (Å²) in [6, 6.07) is 9.03. The molecule has 1 atom stereocenters. The van der Waals surface area contributed by atoms with Crippen molar-refractivity contribution in [3.8, 4) is 0 Å². The maximum absolute atomic E-state index is 4.11. The highest BCUT2D eigenvalue weighted by Crippen LogP contribution is 2.28. The van der Waals surface area contributed by atoms with Crippen LogP contribution >= 0.6 is 0 Å². The number of hydrogen-bond donors (Lipinski definition) is 0. The van der Waals surface area contributed by atoms with Gasteiger partial charge in [0.1, 0.15) is 0 Å². The van der Waals surface area contributed by atoms with Crippen LogP contribution in [-0.4, -0.2) is 0 Å². The average molecular weight is 292 g/mol. The number of allylic oxidation sites excluding steroid dienone is 6. The Balaban J connectivity index is 2.00. The Morgan fingerprint density at radius 2 is 1.64 bits per heavy atom. The predicted octanol–water partition coefficient (Wildman–Crippen LogP) is 6.52. The zero-order chi connectivity index (χ0) is 16.1. The SMILES string of the molecule is C=C(C)C1=CCCC=C1CCc1ccc(C(C)C(=C)C)cc1. The van der Waals surface area contributed by atoms with Gasteiger partial charge in [-0.05, 0) is 61.8 Å². The summed E-state index contributed by atoms with van der Waals surface area (Å²) >= 11 is 0. The van der Waals surface area contributed by atoms with Gasteiger partial charge in [0.25, 0.3) is 0 Å². The Morgan fingerprint density at radius 1 is 1.00 bits per heavy atom. The summed E-state index contributed by atoms with van der Waals surface area (Å²) in [6.45, 7) is 14.6. The van der Waals surface area contributed by atoms with Crippen molar-refractivity contribution in [1.82, 2.24) is 0 Å². The number of benzene rings is 1. The van der Waals surface area contributed by atoms with Crippen LogP contribution in [0, 0.1) is 0 Å². The van der Waals surface area contributed by atoms with E-state index in [1.165, 1.54) is 39.8 Å². The second-order valence-corrected chi connectivity index (χ2v) is 6.51. The number of aryl methyl sites for hydroxylation is 1. The van der Waals surface area contributed by atoms with Crippen molar-refractivity contribution in [2.24, 2.45) is 0 Å². The van der Waals surface area contributed by atoms with E-state index in [-0.39, 0.29) is 0 Å². The topological polar surface area (TPSA) is 0 Å².